The van der Waals surface area contributed by atoms with E-state index >= 15 is 0 Å². The number of carbonyl (C=O) groups is 1. The molecule has 2 rings (SSSR count). The van der Waals surface area contributed by atoms with Crippen molar-refractivity contribution >= 4 is 5.91 Å². The van der Waals surface area contributed by atoms with E-state index < -0.39 is 17.5 Å². The summed E-state index contributed by atoms with van der Waals surface area (Å²) < 4.78 is 31.1. The van der Waals surface area contributed by atoms with Crippen LogP contribution in [0.15, 0.2) is 42.5 Å². The van der Waals surface area contributed by atoms with Gasteiger partial charge in [0.2, 0.25) is 0 Å². The van der Waals surface area contributed by atoms with Crippen molar-refractivity contribution in [3.63, 3.8) is 0 Å². The van der Waals surface area contributed by atoms with Gasteiger partial charge in [0.1, 0.15) is 12.4 Å². The molecule has 20 heavy (non-hydrogen) atoms. The lowest BCUT2D eigenvalue weighted by Crippen LogP contribution is -2.30. The van der Waals surface area contributed by atoms with Crippen LogP contribution >= 0.6 is 0 Å². The van der Waals surface area contributed by atoms with E-state index in [2.05, 4.69) is 0 Å². The normalized spacial score (nSPS) is 10.2. The maximum Gasteiger partial charge on any atom is 0.265 e. The summed E-state index contributed by atoms with van der Waals surface area (Å²) in [5.41, 5.74) is 2.97. The Hall–Kier alpha value is -2.47. The number of rotatable bonds is 4. The Bertz CT molecular complexity index is 632. The second-order valence-electron chi connectivity index (χ2n) is 4.00. The average molecular weight is 278 g/mol. The molecule has 0 fully saturated rings. The van der Waals surface area contributed by atoms with E-state index in [4.69, 9.17) is 10.6 Å². The first-order valence-electron chi connectivity index (χ1n) is 5.78. The van der Waals surface area contributed by atoms with Gasteiger partial charge in [0.05, 0.1) is 0 Å². The van der Waals surface area contributed by atoms with E-state index in [1.807, 2.05) is 5.43 Å². The molecule has 1 amide bonds. The van der Waals surface area contributed by atoms with E-state index in [0.717, 1.165) is 12.1 Å². The summed E-state index contributed by atoms with van der Waals surface area (Å²) >= 11 is 0. The highest BCUT2D eigenvalue weighted by Gasteiger charge is 2.10. The maximum atomic E-state index is 13.0. The van der Waals surface area contributed by atoms with Crippen LogP contribution in [0, 0.1) is 11.6 Å². The fourth-order valence-corrected chi connectivity index (χ4v) is 1.67. The minimum absolute atomic E-state index is 0.0364. The molecule has 2 aromatic carbocycles. The van der Waals surface area contributed by atoms with E-state index in [-0.39, 0.29) is 12.4 Å². The van der Waals surface area contributed by atoms with Crippen LogP contribution in [0.5, 0.6) is 5.75 Å². The molecule has 0 atom stereocenters. The van der Waals surface area contributed by atoms with Crippen molar-refractivity contribution in [2.45, 2.75) is 6.61 Å². The molecule has 0 saturated carbocycles. The number of nitrogens with two attached hydrogens (primary N) is 1. The van der Waals surface area contributed by atoms with Crippen LogP contribution in [0.4, 0.5) is 8.78 Å². The zero-order chi connectivity index (χ0) is 14.5. The first-order chi connectivity index (χ1) is 9.61. The molecule has 0 saturated heterocycles. The van der Waals surface area contributed by atoms with Gasteiger partial charge in [0.15, 0.2) is 11.6 Å². The Morgan fingerprint density at radius 3 is 2.60 bits per heavy atom. The number of benzene rings is 2. The molecular weight excluding hydrogens is 266 g/mol. The number of nitrogens with one attached hydrogen (secondary N) is 1. The lowest BCUT2D eigenvalue weighted by atomic mass is 10.1. The molecule has 2 aromatic rings. The van der Waals surface area contributed by atoms with Gasteiger partial charge in [-0.2, -0.15) is 0 Å². The quantitative estimate of drug-likeness (QED) is 0.511. The number of nitrogen functional groups attached to an aromatic ring is 1. The third-order valence-corrected chi connectivity index (χ3v) is 2.68. The largest absolute Gasteiger partial charge is 0.489 e. The molecule has 0 heterocycles. The van der Waals surface area contributed by atoms with Crippen molar-refractivity contribution in [3.05, 3.63) is 65.2 Å². The number of hydrazine groups is 1. The topological polar surface area (TPSA) is 64.3 Å². The second kappa shape index (κ2) is 6.12. The maximum absolute atomic E-state index is 13.0. The van der Waals surface area contributed by atoms with Gasteiger partial charge in [-0.1, -0.05) is 18.2 Å². The van der Waals surface area contributed by atoms with Crippen molar-refractivity contribution in [2.75, 3.05) is 0 Å². The monoisotopic (exact) mass is 278 g/mol. The van der Waals surface area contributed by atoms with Crippen LogP contribution in [0.3, 0.4) is 0 Å². The molecule has 104 valence electrons. The van der Waals surface area contributed by atoms with Gasteiger partial charge in [0, 0.05) is 17.2 Å². The van der Waals surface area contributed by atoms with Crippen LogP contribution in [0.25, 0.3) is 0 Å². The number of ether oxygens (including phenoxy) is 1. The molecule has 0 aliphatic heterocycles. The molecule has 0 radical (unpaired) electrons. The second-order valence-corrected chi connectivity index (χ2v) is 4.00. The van der Waals surface area contributed by atoms with Crippen molar-refractivity contribution in [2.24, 2.45) is 5.84 Å². The van der Waals surface area contributed by atoms with Gasteiger partial charge in [-0.15, -0.1) is 0 Å². The van der Waals surface area contributed by atoms with Crippen molar-refractivity contribution in [1.29, 1.82) is 0 Å². The summed E-state index contributed by atoms with van der Waals surface area (Å²) in [7, 11) is 0. The smallest absolute Gasteiger partial charge is 0.265 e. The number of halogens is 2. The Morgan fingerprint density at radius 1 is 1.15 bits per heavy atom. The van der Waals surface area contributed by atoms with E-state index in [1.165, 1.54) is 6.07 Å². The highest BCUT2D eigenvalue weighted by molar-refractivity contribution is 5.95. The van der Waals surface area contributed by atoms with Gasteiger partial charge in [-0.05, 0) is 18.2 Å². The van der Waals surface area contributed by atoms with Crippen LogP contribution in [0.2, 0.25) is 0 Å². The first kappa shape index (κ1) is 14.0. The molecule has 4 nitrogen and oxygen atoms in total. The van der Waals surface area contributed by atoms with Crippen LogP contribution in [0.1, 0.15) is 15.9 Å². The predicted octanol–water partition coefficient (Wildman–Crippen LogP) is 2.15. The third kappa shape index (κ3) is 3.10. The standard InChI is InChI=1S/C14H12F2N2O2/c15-12-6-5-10(7-13(12)16)20-8-9-3-1-2-4-11(9)14(19)18-17/h1-7H,8,17H2,(H,18,19). The average Bonchev–Trinajstić information content (AvgIpc) is 2.48. The van der Waals surface area contributed by atoms with Gasteiger partial charge in [-0.25, -0.2) is 14.6 Å². The number of hydrogen-bond donors (Lipinski definition) is 2. The molecule has 0 aliphatic rings. The van der Waals surface area contributed by atoms with Gasteiger partial charge in [-0.3, -0.25) is 10.2 Å². The van der Waals surface area contributed by atoms with Crippen molar-refractivity contribution < 1.29 is 18.3 Å². The lowest BCUT2D eigenvalue weighted by molar-refractivity contribution is 0.0951. The molecule has 6 heteroatoms. The fourth-order valence-electron chi connectivity index (χ4n) is 1.67. The third-order valence-electron chi connectivity index (χ3n) is 2.68. The SMILES string of the molecule is NNC(=O)c1ccccc1COc1ccc(F)c(F)c1. The highest BCUT2D eigenvalue weighted by atomic mass is 19.2. The minimum atomic E-state index is -0.990. The number of hydrogen-bond acceptors (Lipinski definition) is 3. The zero-order valence-electron chi connectivity index (χ0n) is 10.4. The van der Waals surface area contributed by atoms with Gasteiger partial charge < -0.3 is 4.74 Å². The summed E-state index contributed by atoms with van der Waals surface area (Å²) in [5, 5.41) is 0. The van der Waals surface area contributed by atoms with Crippen LogP contribution in [-0.4, -0.2) is 5.91 Å². The Kier molecular flexibility index (Phi) is 4.27. The first-order valence-corrected chi connectivity index (χ1v) is 5.78. The summed E-state index contributed by atoms with van der Waals surface area (Å²) in [6.07, 6.45) is 0. The fraction of sp³-hybridized carbons (Fsp3) is 0.0714. The van der Waals surface area contributed by atoms with E-state index in [9.17, 15) is 13.6 Å². The molecule has 0 unspecified atom stereocenters. The molecular formula is C14H12F2N2O2. The van der Waals surface area contributed by atoms with E-state index in [0.29, 0.717) is 11.1 Å². The summed E-state index contributed by atoms with van der Waals surface area (Å²) in [5.74, 6) is 2.87. The summed E-state index contributed by atoms with van der Waals surface area (Å²) in [6, 6.07) is 9.92. The van der Waals surface area contributed by atoms with E-state index in [1.54, 1.807) is 24.3 Å². The number of amides is 1. The van der Waals surface area contributed by atoms with Crippen LogP contribution < -0.4 is 16.0 Å². The molecule has 0 aromatic heterocycles. The highest BCUT2D eigenvalue weighted by Crippen LogP contribution is 2.18. The molecule has 0 spiro atoms. The minimum Gasteiger partial charge on any atom is -0.489 e. The van der Waals surface area contributed by atoms with Crippen molar-refractivity contribution in [3.8, 4) is 5.75 Å². The van der Waals surface area contributed by atoms with Crippen LogP contribution in [-0.2, 0) is 6.61 Å². The van der Waals surface area contributed by atoms with Gasteiger partial charge in [0.25, 0.3) is 5.91 Å². The Morgan fingerprint density at radius 2 is 1.90 bits per heavy atom. The van der Waals surface area contributed by atoms with Crippen molar-refractivity contribution in [1.82, 2.24) is 5.43 Å². The zero-order valence-corrected chi connectivity index (χ0v) is 10.4. The Balaban J connectivity index is 2.14. The van der Waals surface area contributed by atoms with Gasteiger partial charge >= 0.3 is 0 Å². The number of carbonyl (C=O) groups excluding carboxylic acids is 1. The lowest BCUT2D eigenvalue weighted by Gasteiger charge is -2.10. The predicted molar refractivity (Wildman–Crippen MR) is 68.8 cm³/mol. The summed E-state index contributed by atoms with van der Waals surface area (Å²) in [6.45, 7) is 0.0364. The summed E-state index contributed by atoms with van der Waals surface area (Å²) in [4.78, 5) is 11.5. The molecule has 0 aliphatic carbocycles. The molecule has 3 N–H and O–H groups in total. The molecule has 0 bridgehead atoms. The Labute approximate surface area is 114 Å².